The van der Waals surface area contributed by atoms with Crippen molar-refractivity contribution in [3.05, 3.63) is 71.8 Å². The third-order valence-corrected chi connectivity index (χ3v) is 7.68. The number of nitrogens with zero attached hydrogens (tertiary/aromatic N) is 1. The molecule has 0 radical (unpaired) electrons. The fraction of sp³-hybridized carbons (Fsp3) is 0.480. The second kappa shape index (κ2) is 8.97. The van der Waals surface area contributed by atoms with E-state index in [4.69, 9.17) is 4.74 Å². The summed E-state index contributed by atoms with van der Waals surface area (Å²) in [5, 5.41) is 3.19. The van der Waals surface area contributed by atoms with Crippen LogP contribution in [0.3, 0.4) is 0 Å². The molecule has 0 saturated carbocycles. The summed E-state index contributed by atoms with van der Waals surface area (Å²) >= 11 is 0. The van der Waals surface area contributed by atoms with Gasteiger partial charge in [-0.05, 0) is 36.8 Å². The smallest absolute Gasteiger partial charge is 0.227 e. The lowest BCUT2D eigenvalue weighted by Gasteiger charge is -2.51. The summed E-state index contributed by atoms with van der Waals surface area (Å²) in [6, 6.07) is 21.5. The van der Waals surface area contributed by atoms with Gasteiger partial charge in [0.25, 0.3) is 0 Å². The molecule has 5 heteroatoms. The Kier molecular flexibility index (Phi) is 6.51. The van der Waals surface area contributed by atoms with E-state index in [0.717, 1.165) is 58.5 Å². The van der Waals surface area contributed by atoms with Crippen molar-refractivity contribution in [3.63, 3.8) is 0 Å². The molecule has 1 unspecified atom stereocenters. The van der Waals surface area contributed by atoms with Crippen molar-refractivity contribution in [2.75, 3.05) is 32.8 Å². The number of ether oxygens (including phenoxy) is 1. The van der Waals surface area contributed by atoms with Crippen molar-refractivity contribution in [2.45, 2.75) is 37.1 Å². The highest BCUT2D eigenvalue weighted by molar-refractivity contribution is 14.0. The van der Waals surface area contributed by atoms with Gasteiger partial charge in [0, 0.05) is 38.8 Å². The van der Waals surface area contributed by atoms with Crippen molar-refractivity contribution in [2.24, 2.45) is 5.41 Å². The van der Waals surface area contributed by atoms with Gasteiger partial charge in [-0.3, -0.25) is 9.69 Å². The Morgan fingerprint density at radius 1 is 0.867 bits per heavy atom. The van der Waals surface area contributed by atoms with Gasteiger partial charge < -0.3 is 10.1 Å². The zero-order valence-electron chi connectivity index (χ0n) is 17.4. The average Bonchev–Trinajstić information content (AvgIpc) is 3.11. The number of halogens is 1. The minimum absolute atomic E-state index is 0. The monoisotopic (exact) mass is 518 g/mol. The number of hydrogen-bond donors (Lipinski definition) is 1. The summed E-state index contributed by atoms with van der Waals surface area (Å²) < 4.78 is 5.73. The van der Waals surface area contributed by atoms with Gasteiger partial charge in [0.05, 0.1) is 11.0 Å². The second-order valence-electron chi connectivity index (χ2n) is 8.83. The van der Waals surface area contributed by atoms with Crippen molar-refractivity contribution in [3.8, 4) is 0 Å². The van der Waals surface area contributed by atoms with Gasteiger partial charge in [-0.1, -0.05) is 60.7 Å². The SMILES string of the molecule is I.O=C1NCC(c2ccccc2)C12CCN(C1(c3ccccc3)CCOCC1)CC2. The summed E-state index contributed by atoms with van der Waals surface area (Å²) in [6.07, 6.45) is 3.90. The first kappa shape index (κ1) is 21.8. The van der Waals surface area contributed by atoms with Crippen LogP contribution in [0.5, 0.6) is 0 Å². The minimum Gasteiger partial charge on any atom is -0.381 e. The summed E-state index contributed by atoms with van der Waals surface area (Å²) in [7, 11) is 0. The van der Waals surface area contributed by atoms with Gasteiger partial charge in [-0.2, -0.15) is 0 Å². The van der Waals surface area contributed by atoms with Crippen LogP contribution in [0.15, 0.2) is 60.7 Å². The van der Waals surface area contributed by atoms with Gasteiger partial charge in [0.1, 0.15) is 0 Å². The molecule has 3 aliphatic rings. The molecule has 4 nitrogen and oxygen atoms in total. The maximum Gasteiger partial charge on any atom is 0.227 e. The Labute approximate surface area is 196 Å². The van der Waals surface area contributed by atoms with E-state index < -0.39 is 0 Å². The molecule has 160 valence electrons. The van der Waals surface area contributed by atoms with Gasteiger partial charge in [-0.25, -0.2) is 0 Å². The molecule has 2 aromatic rings. The number of amides is 1. The molecule has 0 aromatic heterocycles. The molecule has 1 atom stereocenters. The molecule has 0 bridgehead atoms. The van der Waals surface area contributed by atoms with Crippen LogP contribution in [0.1, 0.15) is 42.7 Å². The summed E-state index contributed by atoms with van der Waals surface area (Å²) in [4.78, 5) is 15.7. The van der Waals surface area contributed by atoms with Crippen LogP contribution in [0, 0.1) is 5.41 Å². The van der Waals surface area contributed by atoms with Gasteiger partial charge >= 0.3 is 0 Å². The fourth-order valence-corrected chi connectivity index (χ4v) is 6.00. The third kappa shape index (κ3) is 3.59. The van der Waals surface area contributed by atoms with E-state index in [9.17, 15) is 4.79 Å². The quantitative estimate of drug-likeness (QED) is 0.617. The summed E-state index contributed by atoms with van der Waals surface area (Å²) in [6.45, 7) is 4.31. The topological polar surface area (TPSA) is 41.6 Å². The van der Waals surface area contributed by atoms with E-state index in [0.29, 0.717) is 0 Å². The Hall–Kier alpha value is -1.44. The first-order chi connectivity index (χ1) is 14.2. The normalized spacial score (nSPS) is 25.5. The van der Waals surface area contributed by atoms with Crippen LogP contribution >= 0.6 is 24.0 Å². The Morgan fingerprint density at radius 3 is 2.10 bits per heavy atom. The standard InChI is InChI=1S/C25H30N2O2.HI/c28-23-24(22(19-26-23)20-7-3-1-4-8-20)11-15-27(16-12-24)25(13-17-29-18-14-25)21-9-5-2-6-10-21;/h1-10,22H,11-19H2,(H,26,28);1H. The van der Waals surface area contributed by atoms with Gasteiger partial charge in [0.2, 0.25) is 5.91 Å². The third-order valence-electron chi connectivity index (χ3n) is 7.68. The largest absolute Gasteiger partial charge is 0.381 e. The number of carbonyl (C=O) groups excluding carboxylic acids is 1. The average molecular weight is 518 g/mol. The van der Waals surface area contributed by atoms with Crippen LogP contribution in [0.25, 0.3) is 0 Å². The maximum atomic E-state index is 13.0. The Bertz CT molecular complexity index is 844. The molecule has 30 heavy (non-hydrogen) atoms. The lowest BCUT2D eigenvalue weighted by molar-refractivity contribution is -0.133. The van der Waals surface area contributed by atoms with Crippen LogP contribution in [-0.2, 0) is 15.1 Å². The Balaban J connectivity index is 0.00000218. The van der Waals surface area contributed by atoms with Crippen LogP contribution in [0.4, 0.5) is 0 Å². The molecule has 3 saturated heterocycles. The van der Waals surface area contributed by atoms with E-state index in [1.165, 1.54) is 11.1 Å². The molecule has 3 fully saturated rings. The highest BCUT2D eigenvalue weighted by atomic mass is 127. The van der Waals surface area contributed by atoms with Gasteiger partial charge in [-0.15, -0.1) is 24.0 Å². The number of hydrogen-bond acceptors (Lipinski definition) is 3. The number of benzene rings is 2. The zero-order chi connectivity index (χ0) is 19.7. The number of likely N-dealkylation sites (tertiary alicyclic amines) is 1. The zero-order valence-corrected chi connectivity index (χ0v) is 19.7. The lowest BCUT2D eigenvalue weighted by Crippen LogP contribution is -2.56. The van der Waals surface area contributed by atoms with Crippen LogP contribution < -0.4 is 5.32 Å². The molecule has 1 spiro atoms. The van der Waals surface area contributed by atoms with Crippen molar-refractivity contribution in [1.29, 1.82) is 0 Å². The molecule has 3 heterocycles. The van der Waals surface area contributed by atoms with E-state index in [1.54, 1.807) is 0 Å². The second-order valence-corrected chi connectivity index (χ2v) is 8.83. The van der Waals surface area contributed by atoms with E-state index in [2.05, 4.69) is 70.9 Å². The maximum absolute atomic E-state index is 13.0. The molecule has 2 aromatic carbocycles. The van der Waals surface area contributed by atoms with E-state index in [1.807, 2.05) is 0 Å². The predicted molar refractivity (Wildman–Crippen MR) is 129 cm³/mol. The summed E-state index contributed by atoms with van der Waals surface area (Å²) in [5.41, 5.74) is 2.47. The Morgan fingerprint density at radius 2 is 1.47 bits per heavy atom. The predicted octanol–water partition coefficient (Wildman–Crippen LogP) is 4.31. The molecule has 0 aliphatic carbocycles. The van der Waals surface area contributed by atoms with Crippen LogP contribution in [0.2, 0.25) is 0 Å². The minimum atomic E-state index is -0.263. The lowest BCUT2D eigenvalue weighted by atomic mass is 9.66. The van der Waals surface area contributed by atoms with Crippen molar-refractivity contribution < 1.29 is 9.53 Å². The van der Waals surface area contributed by atoms with Crippen molar-refractivity contribution >= 4 is 29.9 Å². The molecule has 1 amide bonds. The highest BCUT2D eigenvalue weighted by Gasteiger charge is 2.54. The van der Waals surface area contributed by atoms with Crippen molar-refractivity contribution in [1.82, 2.24) is 10.2 Å². The first-order valence-electron chi connectivity index (χ1n) is 11.0. The fourth-order valence-electron chi connectivity index (χ4n) is 6.00. The highest BCUT2D eigenvalue weighted by Crippen LogP contribution is 2.50. The summed E-state index contributed by atoms with van der Waals surface area (Å²) in [5.74, 6) is 0.535. The van der Waals surface area contributed by atoms with Crippen LogP contribution in [-0.4, -0.2) is 43.7 Å². The first-order valence-corrected chi connectivity index (χ1v) is 11.0. The molecule has 5 rings (SSSR count). The molecular weight excluding hydrogens is 487 g/mol. The number of nitrogens with one attached hydrogen (secondary N) is 1. The molecule has 1 N–H and O–H groups in total. The van der Waals surface area contributed by atoms with E-state index >= 15 is 0 Å². The van der Waals surface area contributed by atoms with E-state index in [-0.39, 0.29) is 46.8 Å². The number of carbonyl (C=O) groups is 1. The molecular formula is C25H31IN2O2. The number of rotatable bonds is 3. The molecule has 3 aliphatic heterocycles. The number of piperidine rings is 1. The van der Waals surface area contributed by atoms with Gasteiger partial charge in [0.15, 0.2) is 0 Å².